The molecule has 0 radical (unpaired) electrons. The Morgan fingerprint density at radius 3 is 2.85 bits per heavy atom. The maximum Gasteiger partial charge on any atom is 0.291 e. The molecule has 1 aromatic rings. The van der Waals surface area contributed by atoms with Gasteiger partial charge >= 0.3 is 0 Å². The Labute approximate surface area is 77.6 Å². The summed E-state index contributed by atoms with van der Waals surface area (Å²) in [7, 11) is 1.73. The van der Waals surface area contributed by atoms with E-state index in [9.17, 15) is 4.79 Å². The fourth-order valence-corrected chi connectivity index (χ4v) is 0.866. The number of carbonyl (C=O) groups excluding carboxylic acids is 1. The molecular formula is C9H13N3O. The first-order valence-corrected chi connectivity index (χ1v) is 4.20. The van der Waals surface area contributed by atoms with Gasteiger partial charge in [0, 0.05) is 25.5 Å². The topological polar surface area (TPSA) is 46.1 Å². The highest BCUT2D eigenvalue weighted by atomic mass is 16.2. The van der Waals surface area contributed by atoms with Gasteiger partial charge < -0.3 is 4.90 Å². The zero-order valence-corrected chi connectivity index (χ0v) is 8.11. The molecule has 13 heavy (non-hydrogen) atoms. The molecule has 1 aromatic heterocycles. The SMILES string of the molecule is CCN(C)C(=O)c1nccc(C)n1. The molecule has 0 bridgehead atoms. The molecule has 0 fully saturated rings. The van der Waals surface area contributed by atoms with Crippen molar-refractivity contribution in [2.24, 2.45) is 0 Å². The zero-order valence-electron chi connectivity index (χ0n) is 8.11. The molecule has 1 heterocycles. The summed E-state index contributed by atoms with van der Waals surface area (Å²) in [5, 5.41) is 0. The highest BCUT2D eigenvalue weighted by Gasteiger charge is 2.12. The first-order chi connectivity index (χ1) is 6.15. The molecule has 0 aromatic carbocycles. The lowest BCUT2D eigenvalue weighted by molar-refractivity contribution is 0.0790. The molecule has 0 atom stereocenters. The van der Waals surface area contributed by atoms with E-state index in [4.69, 9.17) is 0 Å². The third-order valence-corrected chi connectivity index (χ3v) is 1.81. The van der Waals surface area contributed by atoms with Crippen LogP contribution in [0, 0.1) is 6.92 Å². The summed E-state index contributed by atoms with van der Waals surface area (Å²) in [6.07, 6.45) is 1.60. The number of hydrogen-bond donors (Lipinski definition) is 0. The zero-order chi connectivity index (χ0) is 9.84. The average Bonchev–Trinajstić information content (AvgIpc) is 2.15. The van der Waals surface area contributed by atoms with Crippen LogP contribution in [-0.2, 0) is 0 Å². The first kappa shape index (κ1) is 9.64. The quantitative estimate of drug-likeness (QED) is 0.677. The van der Waals surface area contributed by atoms with E-state index >= 15 is 0 Å². The normalized spacial score (nSPS) is 9.77. The Morgan fingerprint density at radius 2 is 2.31 bits per heavy atom. The summed E-state index contributed by atoms with van der Waals surface area (Å²) in [6, 6.07) is 1.77. The monoisotopic (exact) mass is 179 g/mol. The van der Waals surface area contributed by atoms with Gasteiger partial charge in [0.05, 0.1) is 0 Å². The summed E-state index contributed by atoms with van der Waals surface area (Å²) in [5.74, 6) is 0.135. The van der Waals surface area contributed by atoms with Gasteiger partial charge in [-0.05, 0) is 19.9 Å². The number of hydrogen-bond acceptors (Lipinski definition) is 3. The average molecular weight is 179 g/mol. The number of carbonyl (C=O) groups is 1. The molecule has 0 aliphatic rings. The number of aryl methyl sites for hydroxylation is 1. The van der Waals surface area contributed by atoms with E-state index in [-0.39, 0.29) is 11.7 Å². The second-order valence-corrected chi connectivity index (χ2v) is 2.84. The largest absolute Gasteiger partial charge is 0.339 e. The van der Waals surface area contributed by atoms with Crippen LogP contribution in [0.3, 0.4) is 0 Å². The van der Waals surface area contributed by atoms with Crippen molar-refractivity contribution in [1.82, 2.24) is 14.9 Å². The minimum Gasteiger partial charge on any atom is -0.339 e. The van der Waals surface area contributed by atoms with Crippen LogP contribution in [0.4, 0.5) is 0 Å². The molecule has 4 heteroatoms. The Balaban J connectivity index is 2.89. The van der Waals surface area contributed by atoms with E-state index in [1.165, 1.54) is 0 Å². The van der Waals surface area contributed by atoms with Crippen molar-refractivity contribution >= 4 is 5.91 Å². The molecular weight excluding hydrogens is 166 g/mol. The van der Waals surface area contributed by atoms with Crippen LogP contribution in [0.25, 0.3) is 0 Å². The molecule has 0 N–H and O–H groups in total. The molecule has 4 nitrogen and oxygen atoms in total. The fraction of sp³-hybridized carbons (Fsp3) is 0.444. The number of nitrogens with zero attached hydrogens (tertiary/aromatic N) is 3. The van der Waals surface area contributed by atoms with Gasteiger partial charge in [-0.3, -0.25) is 4.79 Å². The van der Waals surface area contributed by atoms with Gasteiger partial charge in [-0.2, -0.15) is 0 Å². The molecule has 0 aliphatic heterocycles. The lowest BCUT2D eigenvalue weighted by Crippen LogP contribution is -2.28. The van der Waals surface area contributed by atoms with Gasteiger partial charge in [0.1, 0.15) is 0 Å². The van der Waals surface area contributed by atoms with Gasteiger partial charge in [-0.25, -0.2) is 9.97 Å². The van der Waals surface area contributed by atoms with Crippen molar-refractivity contribution in [3.8, 4) is 0 Å². The minimum atomic E-state index is -0.133. The van der Waals surface area contributed by atoms with E-state index < -0.39 is 0 Å². The molecule has 0 saturated heterocycles. The summed E-state index contributed by atoms with van der Waals surface area (Å²) >= 11 is 0. The minimum absolute atomic E-state index is 0.133. The summed E-state index contributed by atoms with van der Waals surface area (Å²) in [4.78, 5) is 21.1. The van der Waals surface area contributed by atoms with Gasteiger partial charge in [0.25, 0.3) is 5.91 Å². The van der Waals surface area contributed by atoms with Crippen LogP contribution in [0.5, 0.6) is 0 Å². The third kappa shape index (κ3) is 2.24. The second kappa shape index (κ2) is 3.98. The second-order valence-electron chi connectivity index (χ2n) is 2.84. The van der Waals surface area contributed by atoms with Crippen molar-refractivity contribution in [1.29, 1.82) is 0 Å². The first-order valence-electron chi connectivity index (χ1n) is 4.20. The number of rotatable bonds is 2. The van der Waals surface area contributed by atoms with Gasteiger partial charge in [-0.15, -0.1) is 0 Å². The Morgan fingerprint density at radius 1 is 1.62 bits per heavy atom. The summed E-state index contributed by atoms with van der Waals surface area (Å²) in [6.45, 7) is 4.41. The predicted octanol–water partition coefficient (Wildman–Crippen LogP) is 0.877. The van der Waals surface area contributed by atoms with Crippen molar-refractivity contribution in [2.75, 3.05) is 13.6 Å². The van der Waals surface area contributed by atoms with Crippen molar-refractivity contribution in [3.63, 3.8) is 0 Å². The molecule has 0 spiro atoms. The van der Waals surface area contributed by atoms with E-state index in [0.29, 0.717) is 6.54 Å². The molecule has 0 aliphatic carbocycles. The molecule has 1 amide bonds. The van der Waals surface area contributed by atoms with E-state index in [0.717, 1.165) is 5.69 Å². The smallest absolute Gasteiger partial charge is 0.291 e. The molecule has 70 valence electrons. The molecule has 0 saturated carbocycles. The lowest BCUT2D eigenvalue weighted by atomic mass is 10.4. The fourth-order valence-electron chi connectivity index (χ4n) is 0.866. The molecule has 1 rings (SSSR count). The number of amides is 1. The van der Waals surface area contributed by atoms with Crippen LogP contribution in [-0.4, -0.2) is 34.4 Å². The van der Waals surface area contributed by atoms with E-state index in [1.54, 1.807) is 24.2 Å². The Bertz CT molecular complexity index is 311. The Kier molecular flexibility index (Phi) is 2.95. The highest BCUT2D eigenvalue weighted by Crippen LogP contribution is 1.97. The van der Waals surface area contributed by atoms with Gasteiger partial charge in [0.15, 0.2) is 0 Å². The Hall–Kier alpha value is -1.45. The van der Waals surface area contributed by atoms with E-state index in [1.807, 2.05) is 13.8 Å². The maximum atomic E-state index is 11.5. The van der Waals surface area contributed by atoms with Crippen molar-refractivity contribution in [3.05, 3.63) is 23.8 Å². The van der Waals surface area contributed by atoms with Gasteiger partial charge in [0.2, 0.25) is 5.82 Å². The third-order valence-electron chi connectivity index (χ3n) is 1.81. The maximum absolute atomic E-state index is 11.5. The van der Waals surface area contributed by atoms with Crippen LogP contribution in [0.2, 0.25) is 0 Å². The van der Waals surface area contributed by atoms with Crippen LogP contribution in [0.1, 0.15) is 23.2 Å². The van der Waals surface area contributed by atoms with Gasteiger partial charge in [-0.1, -0.05) is 0 Å². The van der Waals surface area contributed by atoms with Crippen LogP contribution in [0.15, 0.2) is 12.3 Å². The predicted molar refractivity (Wildman–Crippen MR) is 49.4 cm³/mol. The highest BCUT2D eigenvalue weighted by molar-refractivity contribution is 5.90. The summed E-state index contributed by atoms with van der Waals surface area (Å²) in [5.41, 5.74) is 0.808. The van der Waals surface area contributed by atoms with Crippen LogP contribution >= 0.6 is 0 Å². The lowest BCUT2D eigenvalue weighted by Gasteiger charge is -2.12. The van der Waals surface area contributed by atoms with Crippen LogP contribution < -0.4 is 0 Å². The summed E-state index contributed by atoms with van der Waals surface area (Å²) < 4.78 is 0. The van der Waals surface area contributed by atoms with Crippen molar-refractivity contribution in [2.45, 2.75) is 13.8 Å². The van der Waals surface area contributed by atoms with Crippen molar-refractivity contribution < 1.29 is 4.79 Å². The molecule has 0 unspecified atom stereocenters. The van der Waals surface area contributed by atoms with E-state index in [2.05, 4.69) is 9.97 Å². The number of aromatic nitrogens is 2. The standard InChI is InChI=1S/C9H13N3O/c1-4-12(3)9(13)8-10-6-5-7(2)11-8/h5-6H,4H2,1-3H3.